The molecule has 2 aliphatic rings. The lowest BCUT2D eigenvalue weighted by atomic mass is 9.88. The number of hydrogen-bond acceptors (Lipinski definition) is 4. The van der Waals surface area contributed by atoms with Crippen molar-refractivity contribution >= 4 is 10.0 Å². The topological polar surface area (TPSA) is 66.8 Å². The molecule has 0 aromatic heterocycles. The zero-order chi connectivity index (χ0) is 18.5. The van der Waals surface area contributed by atoms with E-state index in [-0.39, 0.29) is 31.7 Å². The molecule has 0 bridgehead atoms. The van der Waals surface area contributed by atoms with E-state index < -0.39 is 45.4 Å². The van der Waals surface area contributed by atoms with Gasteiger partial charge in [-0.1, -0.05) is 12.1 Å². The summed E-state index contributed by atoms with van der Waals surface area (Å²) in [4.78, 5) is 0. The normalized spacial score (nSPS) is 27.7. The molecule has 0 radical (unpaired) electrons. The van der Waals surface area contributed by atoms with Gasteiger partial charge in [0.15, 0.2) is 6.10 Å². The molecule has 2 aliphatic heterocycles. The number of sulfonamides is 1. The smallest absolute Gasteiger partial charge is 0.382 e. The second-order valence-corrected chi connectivity index (χ2v) is 8.62. The van der Waals surface area contributed by atoms with Crippen molar-refractivity contribution < 1.29 is 35.8 Å². The summed E-state index contributed by atoms with van der Waals surface area (Å²) in [5.41, 5.74) is -1.30. The summed E-state index contributed by atoms with van der Waals surface area (Å²) in [6.45, 7) is -0.921. The summed E-state index contributed by atoms with van der Waals surface area (Å²) in [6, 6.07) is 5.17. The van der Waals surface area contributed by atoms with Crippen LogP contribution in [0.4, 0.5) is 17.6 Å². The van der Waals surface area contributed by atoms with Gasteiger partial charge in [-0.3, -0.25) is 0 Å². The Hall–Kier alpha value is -1.23. The number of hydrogen-bond donors (Lipinski definition) is 1. The zero-order valence-electron chi connectivity index (χ0n) is 13.0. The molecule has 25 heavy (non-hydrogen) atoms. The maximum absolute atomic E-state index is 13.3. The summed E-state index contributed by atoms with van der Waals surface area (Å²) < 4.78 is 82.2. The third-order valence-electron chi connectivity index (χ3n) is 4.62. The number of benzene rings is 1. The van der Waals surface area contributed by atoms with Gasteiger partial charge in [0, 0.05) is 26.1 Å². The van der Waals surface area contributed by atoms with E-state index in [1.54, 1.807) is 0 Å². The van der Waals surface area contributed by atoms with Crippen molar-refractivity contribution in [2.45, 2.75) is 36.0 Å². The standard InChI is InChI=1S/C15H17F4NO4S/c16-11-3-1-2-10(6-11)14(21)8-20(9-14)25(22,23)12-4-5-24-13(7-12)15(17,18)19/h1-3,6,12-13,21H,4-5,7-9H2. The van der Waals surface area contributed by atoms with Gasteiger partial charge in [-0.15, -0.1) is 0 Å². The average molecular weight is 383 g/mol. The fourth-order valence-electron chi connectivity index (χ4n) is 3.15. The molecular formula is C15H17F4NO4S. The molecule has 10 heteroatoms. The van der Waals surface area contributed by atoms with Crippen LogP contribution in [0.25, 0.3) is 0 Å². The van der Waals surface area contributed by atoms with E-state index >= 15 is 0 Å². The molecule has 3 rings (SSSR count). The molecular weight excluding hydrogens is 366 g/mol. The number of halogens is 4. The first-order chi connectivity index (χ1) is 11.5. The summed E-state index contributed by atoms with van der Waals surface area (Å²) in [5, 5.41) is 9.22. The summed E-state index contributed by atoms with van der Waals surface area (Å²) in [6.07, 6.45) is -7.43. The Morgan fingerprint density at radius 3 is 2.56 bits per heavy atom. The van der Waals surface area contributed by atoms with E-state index in [0.29, 0.717) is 0 Å². The van der Waals surface area contributed by atoms with E-state index in [1.165, 1.54) is 18.2 Å². The monoisotopic (exact) mass is 383 g/mol. The molecule has 0 saturated carbocycles. The maximum atomic E-state index is 13.3. The quantitative estimate of drug-likeness (QED) is 0.808. The predicted octanol–water partition coefficient (Wildman–Crippen LogP) is 1.77. The molecule has 0 aliphatic carbocycles. The molecule has 2 heterocycles. The van der Waals surface area contributed by atoms with Gasteiger partial charge < -0.3 is 9.84 Å². The average Bonchev–Trinajstić information content (AvgIpc) is 2.51. The van der Waals surface area contributed by atoms with Gasteiger partial charge in [0.25, 0.3) is 0 Å². The summed E-state index contributed by atoms with van der Waals surface area (Å²) in [5.74, 6) is -0.565. The van der Waals surface area contributed by atoms with Crippen LogP contribution in [-0.4, -0.2) is 55.1 Å². The first-order valence-corrected chi connectivity index (χ1v) is 9.18. The first-order valence-electron chi connectivity index (χ1n) is 7.68. The molecule has 1 N–H and O–H groups in total. The fourth-order valence-corrected chi connectivity index (χ4v) is 5.17. The van der Waals surface area contributed by atoms with Crippen LogP contribution in [0.15, 0.2) is 24.3 Å². The first kappa shape index (κ1) is 18.6. The third kappa shape index (κ3) is 3.53. The van der Waals surface area contributed by atoms with Crippen LogP contribution >= 0.6 is 0 Å². The molecule has 5 nitrogen and oxygen atoms in total. The van der Waals surface area contributed by atoms with E-state index in [0.717, 1.165) is 10.4 Å². The Balaban J connectivity index is 1.71. The van der Waals surface area contributed by atoms with E-state index in [2.05, 4.69) is 4.74 Å². The van der Waals surface area contributed by atoms with Gasteiger partial charge in [0.05, 0.1) is 5.25 Å². The molecule has 0 amide bonds. The van der Waals surface area contributed by atoms with Gasteiger partial charge in [-0.25, -0.2) is 12.8 Å². The second-order valence-electron chi connectivity index (χ2n) is 6.40. The number of aliphatic hydroxyl groups is 1. The highest BCUT2D eigenvalue weighted by Gasteiger charge is 2.53. The molecule has 2 atom stereocenters. The van der Waals surface area contributed by atoms with Crippen LogP contribution in [0.5, 0.6) is 0 Å². The Morgan fingerprint density at radius 2 is 1.96 bits per heavy atom. The van der Waals surface area contributed by atoms with Gasteiger partial charge in [0.1, 0.15) is 11.4 Å². The van der Waals surface area contributed by atoms with Crippen LogP contribution < -0.4 is 0 Å². The molecule has 2 fully saturated rings. The Labute approximate surface area is 142 Å². The Kier molecular flexibility index (Phi) is 4.59. The van der Waals surface area contributed by atoms with Crippen LogP contribution in [0, 0.1) is 5.82 Å². The van der Waals surface area contributed by atoms with Crippen LogP contribution in [0.1, 0.15) is 18.4 Å². The van der Waals surface area contributed by atoms with Crippen molar-refractivity contribution in [3.05, 3.63) is 35.6 Å². The van der Waals surface area contributed by atoms with Crippen molar-refractivity contribution in [3.63, 3.8) is 0 Å². The largest absolute Gasteiger partial charge is 0.414 e. The minimum atomic E-state index is -4.62. The Morgan fingerprint density at radius 1 is 1.28 bits per heavy atom. The van der Waals surface area contributed by atoms with Crippen LogP contribution in [0.3, 0.4) is 0 Å². The minimum absolute atomic E-state index is 0.0379. The van der Waals surface area contributed by atoms with Crippen LogP contribution in [-0.2, 0) is 20.4 Å². The lowest BCUT2D eigenvalue weighted by molar-refractivity contribution is -0.229. The highest BCUT2D eigenvalue weighted by molar-refractivity contribution is 7.89. The molecule has 1 aromatic carbocycles. The molecule has 2 unspecified atom stereocenters. The van der Waals surface area contributed by atoms with Gasteiger partial charge >= 0.3 is 6.18 Å². The minimum Gasteiger partial charge on any atom is -0.382 e. The molecule has 140 valence electrons. The van der Waals surface area contributed by atoms with E-state index in [4.69, 9.17) is 0 Å². The zero-order valence-corrected chi connectivity index (χ0v) is 13.9. The van der Waals surface area contributed by atoms with Crippen molar-refractivity contribution in [2.24, 2.45) is 0 Å². The fraction of sp³-hybridized carbons (Fsp3) is 0.600. The number of ether oxygens (including phenoxy) is 1. The highest BCUT2D eigenvalue weighted by Crippen LogP contribution is 2.38. The van der Waals surface area contributed by atoms with E-state index in [9.17, 15) is 31.1 Å². The van der Waals surface area contributed by atoms with Crippen LogP contribution in [0.2, 0.25) is 0 Å². The number of rotatable bonds is 3. The Bertz CT molecular complexity index is 746. The maximum Gasteiger partial charge on any atom is 0.414 e. The lowest BCUT2D eigenvalue weighted by Gasteiger charge is -2.47. The SMILES string of the molecule is O=S(=O)(C1CCOC(C(F)(F)F)C1)N1CC(O)(c2cccc(F)c2)C1. The van der Waals surface area contributed by atoms with E-state index in [1.807, 2.05) is 0 Å². The lowest BCUT2D eigenvalue weighted by Crippen LogP contribution is -2.63. The third-order valence-corrected chi connectivity index (χ3v) is 6.87. The number of alkyl halides is 3. The van der Waals surface area contributed by atoms with Gasteiger partial charge in [-0.05, 0) is 24.1 Å². The van der Waals surface area contributed by atoms with Gasteiger partial charge in [0.2, 0.25) is 10.0 Å². The molecule has 2 saturated heterocycles. The van der Waals surface area contributed by atoms with Gasteiger partial charge in [-0.2, -0.15) is 17.5 Å². The van der Waals surface area contributed by atoms with Crippen molar-refractivity contribution in [3.8, 4) is 0 Å². The second kappa shape index (κ2) is 6.19. The summed E-state index contributed by atoms with van der Waals surface area (Å²) >= 11 is 0. The molecule has 1 aromatic rings. The predicted molar refractivity (Wildman–Crippen MR) is 79.6 cm³/mol. The molecule has 0 spiro atoms. The van der Waals surface area contributed by atoms with Crippen molar-refractivity contribution in [2.75, 3.05) is 19.7 Å². The summed E-state index contributed by atoms with van der Waals surface area (Å²) in [7, 11) is -4.01. The highest BCUT2D eigenvalue weighted by atomic mass is 32.2. The number of β-amino-alcohol motifs (C(OH)–C–C–N with tert-alkyl or cyclic N) is 1. The number of nitrogens with zero attached hydrogens (tertiary/aromatic N) is 1. The van der Waals surface area contributed by atoms with Crippen molar-refractivity contribution in [1.29, 1.82) is 0 Å². The van der Waals surface area contributed by atoms with Crippen molar-refractivity contribution in [1.82, 2.24) is 4.31 Å².